The van der Waals surface area contributed by atoms with Crippen LogP contribution in [0.3, 0.4) is 0 Å². The number of para-hydroxylation sites is 1. The normalized spacial score (nSPS) is 13.7. The molecule has 0 aliphatic carbocycles. The van der Waals surface area contributed by atoms with Gasteiger partial charge in [-0.25, -0.2) is 4.98 Å². The Bertz CT molecular complexity index is 3090. The molecule has 16 nitrogen and oxygen atoms in total. The number of carbonyl (C=O) groups is 7. The lowest BCUT2D eigenvalue weighted by atomic mass is 10.1. The van der Waals surface area contributed by atoms with Crippen molar-refractivity contribution in [3.05, 3.63) is 136 Å². The minimum atomic E-state index is -0.279. The van der Waals surface area contributed by atoms with Gasteiger partial charge in [0.2, 0.25) is 11.7 Å². The summed E-state index contributed by atoms with van der Waals surface area (Å²) in [6.07, 6.45) is 13.1. The molecule has 0 fully saturated rings. The van der Waals surface area contributed by atoms with Crippen LogP contribution in [0.5, 0.6) is 5.75 Å². The van der Waals surface area contributed by atoms with Gasteiger partial charge in [-0.1, -0.05) is 24.6 Å². The third-order valence-corrected chi connectivity index (χ3v) is 12.9. The fourth-order valence-corrected chi connectivity index (χ4v) is 9.39. The number of Topliss-reactive ketones (excluding diaryl/α,β-unsaturated/α-hetero) is 5. The summed E-state index contributed by atoms with van der Waals surface area (Å²) in [6, 6.07) is 16.4. The molecule has 0 bridgehead atoms. The third kappa shape index (κ3) is 10.9. The Morgan fingerprint density at radius 3 is 2.10 bits per heavy atom. The van der Waals surface area contributed by atoms with E-state index >= 15 is 0 Å². The number of ether oxygens (including phenoxy) is 1. The highest BCUT2D eigenvalue weighted by molar-refractivity contribution is 6.14. The zero-order valence-electron chi connectivity index (χ0n) is 40.5. The molecule has 0 radical (unpaired) electrons. The Labute approximate surface area is 406 Å². The second-order valence-electron chi connectivity index (χ2n) is 18.6. The molecule has 2 amide bonds. The molecule has 2 aliphatic heterocycles. The first-order valence-corrected chi connectivity index (χ1v) is 23.7. The first-order valence-electron chi connectivity index (χ1n) is 23.7. The molecule has 0 unspecified atom stereocenters. The molecule has 6 aromatic rings. The number of imidazole rings is 1. The summed E-state index contributed by atoms with van der Waals surface area (Å²) in [7, 11) is 6.94. The van der Waals surface area contributed by atoms with Crippen molar-refractivity contribution in [1.29, 1.82) is 0 Å². The zero-order valence-corrected chi connectivity index (χ0v) is 40.5. The van der Waals surface area contributed by atoms with Crippen molar-refractivity contribution in [3.63, 3.8) is 0 Å². The molecule has 2 aromatic carbocycles. The molecule has 362 valence electrons. The molecule has 0 saturated heterocycles. The number of hydrogen-bond donors (Lipinski definition) is 1. The largest absolute Gasteiger partial charge is 0.493 e. The molecule has 2 aliphatic rings. The van der Waals surface area contributed by atoms with Gasteiger partial charge >= 0.3 is 0 Å². The van der Waals surface area contributed by atoms with Gasteiger partial charge in [-0.15, -0.1) is 0 Å². The highest BCUT2D eigenvalue weighted by Crippen LogP contribution is 2.38. The summed E-state index contributed by atoms with van der Waals surface area (Å²) in [5, 5.41) is 2.87. The van der Waals surface area contributed by atoms with E-state index in [2.05, 4.69) is 15.3 Å². The second-order valence-corrected chi connectivity index (χ2v) is 18.6. The van der Waals surface area contributed by atoms with Gasteiger partial charge in [0.15, 0.2) is 23.2 Å². The molecule has 1 atom stereocenters. The number of unbranched alkanes of at least 4 members (excludes halogenated alkanes) is 2. The van der Waals surface area contributed by atoms with Gasteiger partial charge in [0.25, 0.3) is 5.91 Å². The lowest BCUT2D eigenvalue weighted by Crippen LogP contribution is -2.37. The molecular formula is C54H58N8O8. The van der Waals surface area contributed by atoms with Gasteiger partial charge < -0.3 is 33.1 Å². The van der Waals surface area contributed by atoms with Gasteiger partial charge in [-0.05, 0) is 85.7 Å². The number of nitrogens with one attached hydrogen (secondary N) is 1. The quantitative estimate of drug-likeness (QED) is 0.0523. The number of benzene rings is 2. The monoisotopic (exact) mass is 946 g/mol. The molecule has 0 saturated carbocycles. The number of aromatic nitrogens is 5. The smallest absolute Gasteiger partial charge is 0.261 e. The van der Waals surface area contributed by atoms with Crippen LogP contribution in [-0.4, -0.2) is 82.8 Å². The first kappa shape index (κ1) is 48.7. The zero-order chi connectivity index (χ0) is 49.8. The number of hydrogen-bond acceptors (Lipinski definition) is 10. The van der Waals surface area contributed by atoms with Crippen LogP contribution in [0.15, 0.2) is 84.4 Å². The van der Waals surface area contributed by atoms with Gasteiger partial charge in [-0.2, -0.15) is 0 Å². The molecule has 70 heavy (non-hydrogen) atoms. The highest BCUT2D eigenvalue weighted by Gasteiger charge is 2.36. The van der Waals surface area contributed by atoms with Crippen LogP contribution >= 0.6 is 0 Å². The van der Waals surface area contributed by atoms with E-state index < -0.39 is 0 Å². The van der Waals surface area contributed by atoms with Crippen molar-refractivity contribution < 1.29 is 38.3 Å². The van der Waals surface area contributed by atoms with Gasteiger partial charge in [-0.3, -0.25) is 38.7 Å². The Balaban J connectivity index is 0.795. The van der Waals surface area contributed by atoms with Crippen LogP contribution in [0, 0.1) is 6.92 Å². The van der Waals surface area contributed by atoms with Gasteiger partial charge in [0, 0.05) is 109 Å². The van der Waals surface area contributed by atoms with Crippen LogP contribution < -0.4 is 15.0 Å². The van der Waals surface area contributed by atoms with Crippen molar-refractivity contribution >= 4 is 64.0 Å². The maximum Gasteiger partial charge on any atom is 0.261 e. The number of nitrogens with zero attached hydrogens (tertiary/aromatic N) is 7. The Kier molecular flexibility index (Phi) is 14.5. The van der Waals surface area contributed by atoms with E-state index in [1.165, 1.54) is 0 Å². The number of anilines is 2. The lowest BCUT2D eigenvalue weighted by molar-refractivity contribution is -0.117. The summed E-state index contributed by atoms with van der Waals surface area (Å²) in [5.41, 5.74) is 7.45. The second kappa shape index (κ2) is 20.9. The summed E-state index contributed by atoms with van der Waals surface area (Å²) < 4.78 is 12.7. The molecule has 0 spiro atoms. The average Bonchev–Trinajstić information content (AvgIpc) is 4.13. The standard InChI is InChI=1S/C54H58N8O8/c1-33-19-41-42(55-28-40-24-37-14-10-11-15-43(37)62(40)54(41)69)27-51(33)70-18-12-17-52(68)56-38-25-46(60(5)31-38)49(66)26-39-32-61(6)53(57-39)50(67)23-36-21-45(59(4)30-36)48(65)22-35-20-44(58(3)29-35)47(64)16-9-7-8-13-34(2)63/h10-11,14-15,19-21,25,27-32,40H,7-9,12-13,16-18,22-24,26H2,1-6H3,(H,56,68)/t40-/m0/s1. The molecule has 4 aromatic heterocycles. The van der Waals surface area contributed by atoms with E-state index in [1.54, 1.807) is 102 Å². The van der Waals surface area contributed by atoms with Crippen LogP contribution in [0.1, 0.15) is 132 Å². The van der Waals surface area contributed by atoms with E-state index in [0.29, 0.717) is 88.7 Å². The molecular weight excluding hydrogens is 889 g/mol. The fraction of sp³-hybridized carbons (Fsp3) is 0.352. The molecule has 8 rings (SSSR count). The summed E-state index contributed by atoms with van der Waals surface area (Å²) >= 11 is 0. The number of aryl methyl sites for hydroxylation is 5. The topological polar surface area (TPSA) is 189 Å². The van der Waals surface area contributed by atoms with Gasteiger partial charge in [0.1, 0.15) is 11.5 Å². The van der Waals surface area contributed by atoms with E-state index in [1.807, 2.05) is 48.4 Å². The predicted octanol–water partition coefficient (Wildman–Crippen LogP) is 7.83. The maximum atomic E-state index is 13.7. The number of rotatable bonds is 22. The number of aliphatic imine (C=N–C) groups is 1. The van der Waals surface area contributed by atoms with Crippen LogP contribution in [0.25, 0.3) is 0 Å². The highest BCUT2D eigenvalue weighted by atomic mass is 16.5. The van der Waals surface area contributed by atoms with Crippen molar-refractivity contribution in [2.45, 2.75) is 90.5 Å². The third-order valence-electron chi connectivity index (χ3n) is 12.9. The number of carbonyl (C=O) groups excluding carboxylic acids is 7. The van der Waals surface area contributed by atoms with Gasteiger partial charge in [0.05, 0.1) is 58.8 Å². The van der Waals surface area contributed by atoms with Crippen molar-refractivity contribution in [3.8, 4) is 5.75 Å². The van der Waals surface area contributed by atoms with E-state index in [-0.39, 0.29) is 84.9 Å². The summed E-state index contributed by atoms with van der Waals surface area (Å²) in [4.78, 5) is 102. The summed E-state index contributed by atoms with van der Waals surface area (Å²) in [5.74, 6) is -0.103. The SMILES string of the molecule is CC(=O)CCCCCC(=O)c1cc(CC(=O)c2cc(CC(=O)c3nc(CC(=O)c4cc(NC(=O)CCCOc5cc6c(cc5C)C(=O)N5c7ccccc7C[C@H]5C=N6)cn4C)cn3C)cn2C)cn1C. The molecule has 1 N–H and O–H groups in total. The number of ketones is 5. The average molecular weight is 947 g/mol. The maximum absolute atomic E-state index is 13.7. The molecule has 16 heteroatoms. The number of fused-ring (bicyclic) bond motifs is 4. The number of amides is 2. The molecule has 6 heterocycles. The van der Waals surface area contributed by atoms with Crippen molar-refractivity contribution in [2.75, 3.05) is 16.8 Å². The minimum absolute atomic E-state index is 0.00502. The van der Waals surface area contributed by atoms with Crippen molar-refractivity contribution in [1.82, 2.24) is 23.3 Å². The lowest BCUT2D eigenvalue weighted by Gasteiger charge is -2.21. The van der Waals surface area contributed by atoms with E-state index in [9.17, 15) is 33.6 Å². The first-order chi connectivity index (χ1) is 33.5. The predicted molar refractivity (Wildman–Crippen MR) is 265 cm³/mol. The van der Waals surface area contributed by atoms with Crippen LogP contribution in [0.4, 0.5) is 17.1 Å². The van der Waals surface area contributed by atoms with Crippen LogP contribution in [0.2, 0.25) is 0 Å². The van der Waals surface area contributed by atoms with E-state index in [4.69, 9.17) is 4.74 Å². The fourth-order valence-electron chi connectivity index (χ4n) is 9.39. The minimum Gasteiger partial charge on any atom is -0.493 e. The Morgan fingerprint density at radius 1 is 0.700 bits per heavy atom. The summed E-state index contributed by atoms with van der Waals surface area (Å²) in [6.45, 7) is 3.71. The Morgan fingerprint density at radius 2 is 1.36 bits per heavy atom. The van der Waals surface area contributed by atoms with Crippen molar-refractivity contribution in [2.24, 2.45) is 33.2 Å². The Hall–Kier alpha value is -7.75. The van der Waals surface area contributed by atoms with E-state index in [0.717, 1.165) is 29.7 Å². The van der Waals surface area contributed by atoms with Crippen LogP contribution in [-0.2, 0) is 63.5 Å².